The van der Waals surface area contributed by atoms with Gasteiger partial charge < -0.3 is 10.2 Å². The van der Waals surface area contributed by atoms with Crippen molar-refractivity contribution in [3.63, 3.8) is 0 Å². The molecule has 7 nitrogen and oxygen atoms in total. The number of rotatable bonds is 3. The Morgan fingerprint density at radius 2 is 1.93 bits per heavy atom. The molecule has 0 bridgehead atoms. The Kier molecular flexibility index (Phi) is 2.90. The third-order valence-electron chi connectivity index (χ3n) is 1.64. The molecule has 0 radical (unpaired) electrons. The lowest BCUT2D eigenvalue weighted by atomic mass is 10.1. The maximum Gasteiger partial charge on any atom is 0.337 e. The lowest BCUT2D eigenvalue weighted by Gasteiger charge is -2.03. The highest BCUT2D eigenvalue weighted by atomic mass is 16.4. The van der Waals surface area contributed by atoms with Crippen LogP contribution in [0.2, 0.25) is 0 Å². The summed E-state index contributed by atoms with van der Waals surface area (Å²) in [7, 11) is 0. The molecule has 1 aromatic carbocycles. The number of aromatic carboxylic acids is 2. The number of carboxylic acids is 2. The number of azide groups is 1. The molecule has 0 aliphatic rings. The molecule has 0 aliphatic carbocycles. The van der Waals surface area contributed by atoms with Crippen molar-refractivity contribution in [3.05, 3.63) is 39.8 Å². The minimum absolute atomic E-state index is 0.218. The van der Waals surface area contributed by atoms with E-state index >= 15 is 0 Å². The molecule has 7 heteroatoms. The van der Waals surface area contributed by atoms with Crippen LogP contribution in [0.4, 0.5) is 5.69 Å². The summed E-state index contributed by atoms with van der Waals surface area (Å²) in [5.74, 6) is -2.84. The van der Waals surface area contributed by atoms with Crippen molar-refractivity contribution < 1.29 is 19.8 Å². The van der Waals surface area contributed by atoms with Gasteiger partial charge in [-0.15, -0.1) is 0 Å². The van der Waals surface area contributed by atoms with Gasteiger partial charge >= 0.3 is 11.9 Å². The van der Waals surface area contributed by atoms with Crippen molar-refractivity contribution in [2.24, 2.45) is 5.11 Å². The largest absolute Gasteiger partial charge is 0.478 e. The third-order valence-corrected chi connectivity index (χ3v) is 1.64. The predicted molar refractivity (Wildman–Crippen MR) is 49.2 cm³/mol. The molecular weight excluding hydrogens is 202 g/mol. The van der Waals surface area contributed by atoms with Gasteiger partial charge in [0.05, 0.1) is 16.8 Å². The number of benzene rings is 1. The van der Waals surface area contributed by atoms with Crippen LogP contribution in [-0.2, 0) is 0 Å². The molecule has 0 saturated heterocycles. The van der Waals surface area contributed by atoms with Gasteiger partial charge in [-0.1, -0.05) is 17.2 Å². The Morgan fingerprint density at radius 1 is 1.27 bits per heavy atom. The van der Waals surface area contributed by atoms with E-state index in [9.17, 15) is 9.59 Å². The highest BCUT2D eigenvalue weighted by Crippen LogP contribution is 2.23. The number of nitrogens with zero attached hydrogens (tertiary/aromatic N) is 3. The summed E-state index contributed by atoms with van der Waals surface area (Å²) in [6.45, 7) is 0. The average Bonchev–Trinajstić information content (AvgIpc) is 2.17. The molecule has 0 unspecified atom stereocenters. The Bertz CT molecular complexity index is 457. The summed E-state index contributed by atoms with van der Waals surface area (Å²) in [6.07, 6.45) is 0. The highest BCUT2D eigenvalue weighted by Gasteiger charge is 2.18. The molecule has 0 atom stereocenters. The summed E-state index contributed by atoms with van der Waals surface area (Å²) >= 11 is 0. The Hall–Kier alpha value is -2.53. The van der Waals surface area contributed by atoms with Crippen molar-refractivity contribution in [3.8, 4) is 0 Å². The molecule has 1 aromatic rings. The first kappa shape index (κ1) is 10.6. The second kappa shape index (κ2) is 4.12. The fourth-order valence-electron chi connectivity index (χ4n) is 1.07. The van der Waals surface area contributed by atoms with Crippen LogP contribution < -0.4 is 0 Å². The summed E-state index contributed by atoms with van der Waals surface area (Å²) in [6, 6.07) is 3.66. The van der Waals surface area contributed by atoms with E-state index in [1.54, 1.807) is 0 Å². The number of carboxylic acid groups (broad SMARTS) is 2. The van der Waals surface area contributed by atoms with Crippen LogP contribution >= 0.6 is 0 Å². The molecule has 1 rings (SSSR count). The van der Waals surface area contributed by atoms with Crippen LogP contribution in [0.5, 0.6) is 0 Å². The summed E-state index contributed by atoms with van der Waals surface area (Å²) in [5.41, 5.74) is 7.03. The van der Waals surface area contributed by atoms with E-state index in [-0.39, 0.29) is 5.69 Å². The van der Waals surface area contributed by atoms with Gasteiger partial charge in [-0.05, 0) is 11.6 Å². The zero-order valence-corrected chi connectivity index (χ0v) is 7.28. The average molecular weight is 207 g/mol. The van der Waals surface area contributed by atoms with Crippen molar-refractivity contribution >= 4 is 17.6 Å². The lowest BCUT2D eigenvalue weighted by molar-refractivity contribution is 0.0652. The van der Waals surface area contributed by atoms with Crippen molar-refractivity contribution in [1.29, 1.82) is 0 Å². The van der Waals surface area contributed by atoms with E-state index in [1.165, 1.54) is 12.1 Å². The normalized spacial score (nSPS) is 9.07. The van der Waals surface area contributed by atoms with Crippen molar-refractivity contribution in [1.82, 2.24) is 0 Å². The third kappa shape index (κ3) is 2.04. The fourth-order valence-corrected chi connectivity index (χ4v) is 1.07. The first-order valence-corrected chi connectivity index (χ1v) is 3.72. The van der Waals surface area contributed by atoms with E-state index in [0.29, 0.717) is 0 Å². The first-order chi connectivity index (χ1) is 7.07. The van der Waals surface area contributed by atoms with Crippen LogP contribution in [0, 0.1) is 0 Å². The van der Waals surface area contributed by atoms with E-state index in [0.717, 1.165) is 6.07 Å². The summed E-state index contributed by atoms with van der Waals surface area (Å²) in [5, 5.41) is 20.6. The maximum absolute atomic E-state index is 10.8. The highest BCUT2D eigenvalue weighted by molar-refractivity contribution is 6.05. The summed E-state index contributed by atoms with van der Waals surface area (Å²) in [4.78, 5) is 23.9. The second-order valence-corrected chi connectivity index (χ2v) is 2.50. The minimum Gasteiger partial charge on any atom is -0.478 e. The quantitative estimate of drug-likeness (QED) is 0.446. The topological polar surface area (TPSA) is 123 Å². The van der Waals surface area contributed by atoms with Gasteiger partial charge in [0, 0.05) is 4.91 Å². The molecule has 0 spiro atoms. The Morgan fingerprint density at radius 3 is 2.40 bits per heavy atom. The minimum atomic E-state index is -1.45. The fraction of sp³-hybridized carbons (Fsp3) is 0. The lowest BCUT2D eigenvalue weighted by Crippen LogP contribution is -2.07. The molecule has 0 fully saturated rings. The van der Waals surface area contributed by atoms with E-state index in [4.69, 9.17) is 15.7 Å². The van der Waals surface area contributed by atoms with Gasteiger partial charge in [-0.25, -0.2) is 9.59 Å². The van der Waals surface area contributed by atoms with Crippen LogP contribution in [0.25, 0.3) is 10.4 Å². The van der Waals surface area contributed by atoms with Crippen LogP contribution in [0.15, 0.2) is 23.3 Å². The Balaban J connectivity index is 3.55. The standard InChI is InChI=1S/C8H5N3O4/c9-11-10-5-3-1-2-4(7(12)13)6(5)8(14)15/h1-3H,(H,12,13)(H,14,15). The maximum atomic E-state index is 10.8. The molecule has 2 N–H and O–H groups in total. The molecule has 0 saturated carbocycles. The molecule has 76 valence electrons. The van der Waals surface area contributed by atoms with Gasteiger partial charge in [0.15, 0.2) is 0 Å². The molecule has 0 amide bonds. The van der Waals surface area contributed by atoms with Gasteiger partial charge in [-0.3, -0.25) is 0 Å². The van der Waals surface area contributed by atoms with Crippen molar-refractivity contribution in [2.75, 3.05) is 0 Å². The van der Waals surface area contributed by atoms with Gasteiger partial charge in [0.25, 0.3) is 0 Å². The molecular formula is C8H5N3O4. The van der Waals surface area contributed by atoms with E-state index < -0.39 is 23.1 Å². The molecule has 0 heterocycles. The smallest absolute Gasteiger partial charge is 0.337 e. The van der Waals surface area contributed by atoms with Crippen molar-refractivity contribution in [2.45, 2.75) is 0 Å². The monoisotopic (exact) mass is 207 g/mol. The number of hydrogen-bond acceptors (Lipinski definition) is 3. The number of hydrogen-bond donors (Lipinski definition) is 2. The van der Waals surface area contributed by atoms with Crippen LogP contribution in [0.1, 0.15) is 20.7 Å². The summed E-state index contributed by atoms with van der Waals surface area (Å²) < 4.78 is 0. The number of carbonyl (C=O) groups is 2. The Labute approximate surface area is 83.2 Å². The SMILES string of the molecule is [N-]=[N+]=Nc1cccc(C(=O)O)c1C(=O)O. The zero-order chi connectivity index (χ0) is 11.4. The van der Waals surface area contributed by atoms with Gasteiger partial charge in [0.1, 0.15) is 0 Å². The zero-order valence-electron chi connectivity index (χ0n) is 7.28. The van der Waals surface area contributed by atoms with E-state index in [1.807, 2.05) is 0 Å². The van der Waals surface area contributed by atoms with Crippen LogP contribution in [0.3, 0.4) is 0 Å². The molecule has 0 aromatic heterocycles. The molecule has 15 heavy (non-hydrogen) atoms. The van der Waals surface area contributed by atoms with E-state index in [2.05, 4.69) is 10.0 Å². The van der Waals surface area contributed by atoms with Gasteiger partial charge in [0.2, 0.25) is 0 Å². The predicted octanol–water partition coefficient (Wildman–Crippen LogP) is 2.02. The second-order valence-electron chi connectivity index (χ2n) is 2.50. The molecule has 0 aliphatic heterocycles. The first-order valence-electron chi connectivity index (χ1n) is 3.72. The van der Waals surface area contributed by atoms with Gasteiger partial charge in [-0.2, -0.15) is 0 Å². The van der Waals surface area contributed by atoms with Crippen LogP contribution in [-0.4, -0.2) is 22.2 Å².